The normalized spacial score (nSPS) is 16.3. The Kier molecular flexibility index (Phi) is 5.55. The lowest BCUT2D eigenvalue weighted by molar-refractivity contribution is -0.385. The largest absolute Gasteiger partial charge is 0.338 e. The summed E-state index contributed by atoms with van der Waals surface area (Å²) in [7, 11) is 0. The van der Waals surface area contributed by atoms with Crippen molar-refractivity contribution < 1.29 is 9.72 Å². The first kappa shape index (κ1) is 19.0. The molecule has 3 rings (SSSR count). The van der Waals surface area contributed by atoms with Crippen LogP contribution in [-0.2, 0) is 11.3 Å². The van der Waals surface area contributed by atoms with E-state index in [1.807, 2.05) is 11.0 Å². The average Bonchev–Trinajstić information content (AvgIpc) is 3.05. The summed E-state index contributed by atoms with van der Waals surface area (Å²) in [4.78, 5) is 27.5. The van der Waals surface area contributed by atoms with Gasteiger partial charge in [0.05, 0.1) is 4.92 Å². The van der Waals surface area contributed by atoms with Crippen LogP contribution < -0.4 is 0 Å². The van der Waals surface area contributed by atoms with Gasteiger partial charge in [0, 0.05) is 32.7 Å². The Morgan fingerprint density at radius 3 is 2.48 bits per heavy atom. The highest BCUT2D eigenvalue weighted by Crippen LogP contribution is 2.20. The quantitative estimate of drug-likeness (QED) is 0.595. The summed E-state index contributed by atoms with van der Waals surface area (Å²) in [5, 5.41) is 15.1. The van der Waals surface area contributed by atoms with E-state index in [2.05, 4.69) is 35.1 Å². The molecule has 2 heterocycles. The molecule has 0 saturated carbocycles. The van der Waals surface area contributed by atoms with E-state index in [-0.39, 0.29) is 11.6 Å². The van der Waals surface area contributed by atoms with Crippen molar-refractivity contribution in [1.29, 1.82) is 0 Å². The van der Waals surface area contributed by atoms with Crippen molar-refractivity contribution in [2.75, 3.05) is 26.2 Å². The zero-order valence-electron chi connectivity index (χ0n) is 16.0. The highest BCUT2D eigenvalue weighted by Gasteiger charge is 2.28. The van der Waals surface area contributed by atoms with Crippen LogP contribution in [0.4, 0.5) is 5.69 Å². The number of hydrogen-bond donors (Lipinski definition) is 0. The number of hydrogen-bond acceptors (Lipinski definition) is 5. The van der Waals surface area contributed by atoms with Crippen LogP contribution in [0.25, 0.3) is 0 Å². The third-order valence-electron chi connectivity index (χ3n) is 5.18. The standard InChI is InChI=1S/C19H25N5O3/c1-14-6-4-5-7-17(14)12-21-8-10-22(11-9-21)19(25)16(3)23-13-18(24(26)27)15(2)20-23/h4-7,13,16H,8-12H2,1-3H3. The Morgan fingerprint density at radius 1 is 1.22 bits per heavy atom. The molecule has 0 bridgehead atoms. The van der Waals surface area contributed by atoms with Gasteiger partial charge < -0.3 is 4.90 Å². The van der Waals surface area contributed by atoms with E-state index in [0.29, 0.717) is 18.8 Å². The third kappa shape index (κ3) is 4.16. The molecular weight excluding hydrogens is 346 g/mol. The molecule has 1 unspecified atom stereocenters. The van der Waals surface area contributed by atoms with Crippen LogP contribution in [0.15, 0.2) is 30.5 Å². The Hall–Kier alpha value is -2.74. The minimum Gasteiger partial charge on any atom is -0.338 e. The van der Waals surface area contributed by atoms with Gasteiger partial charge in [-0.1, -0.05) is 24.3 Å². The second-order valence-electron chi connectivity index (χ2n) is 7.04. The molecule has 1 aliphatic heterocycles. The Morgan fingerprint density at radius 2 is 1.89 bits per heavy atom. The zero-order chi connectivity index (χ0) is 19.6. The van der Waals surface area contributed by atoms with Gasteiger partial charge in [0.2, 0.25) is 5.91 Å². The number of nitro groups is 1. The van der Waals surface area contributed by atoms with Crippen LogP contribution in [0, 0.1) is 24.0 Å². The van der Waals surface area contributed by atoms with Crippen molar-refractivity contribution >= 4 is 11.6 Å². The van der Waals surface area contributed by atoms with E-state index in [1.54, 1.807) is 13.8 Å². The van der Waals surface area contributed by atoms with Crippen molar-refractivity contribution in [2.24, 2.45) is 0 Å². The number of aryl methyl sites for hydroxylation is 2. The molecule has 0 radical (unpaired) electrons. The average molecular weight is 371 g/mol. The first-order valence-corrected chi connectivity index (χ1v) is 9.12. The van der Waals surface area contributed by atoms with Crippen molar-refractivity contribution in [3.63, 3.8) is 0 Å². The molecule has 1 aromatic heterocycles. The number of carbonyl (C=O) groups is 1. The van der Waals surface area contributed by atoms with Crippen LogP contribution >= 0.6 is 0 Å². The molecule has 2 aromatic rings. The van der Waals surface area contributed by atoms with E-state index in [4.69, 9.17) is 0 Å². The monoisotopic (exact) mass is 371 g/mol. The van der Waals surface area contributed by atoms with Gasteiger partial charge in [0.25, 0.3) is 0 Å². The fourth-order valence-corrected chi connectivity index (χ4v) is 3.38. The second kappa shape index (κ2) is 7.87. The Bertz CT molecular complexity index is 840. The molecule has 1 aliphatic rings. The molecule has 27 heavy (non-hydrogen) atoms. The number of nitrogens with zero attached hydrogens (tertiary/aromatic N) is 5. The summed E-state index contributed by atoms with van der Waals surface area (Å²) in [6, 6.07) is 7.79. The molecular formula is C19H25N5O3. The van der Waals surface area contributed by atoms with Crippen molar-refractivity contribution in [3.8, 4) is 0 Å². The highest BCUT2D eigenvalue weighted by atomic mass is 16.6. The Labute approximate surface area is 158 Å². The molecule has 144 valence electrons. The molecule has 1 amide bonds. The summed E-state index contributed by atoms with van der Waals surface area (Å²) in [6.07, 6.45) is 1.34. The molecule has 1 saturated heterocycles. The fourth-order valence-electron chi connectivity index (χ4n) is 3.38. The molecule has 0 spiro atoms. The molecule has 1 aromatic carbocycles. The second-order valence-corrected chi connectivity index (χ2v) is 7.04. The molecule has 0 aliphatic carbocycles. The summed E-state index contributed by atoms with van der Waals surface area (Å²) >= 11 is 0. The van der Waals surface area contributed by atoms with Gasteiger partial charge in [-0.2, -0.15) is 5.10 Å². The maximum Gasteiger partial charge on any atom is 0.309 e. The maximum absolute atomic E-state index is 12.8. The van der Waals surface area contributed by atoms with Gasteiger partial charge in [-0.15, -0.1) is 0 Å². The third-order valence-corrected chi connectivity index (χ3v) is 5.18. The summed E-state index contributed by atoms with van der Waals surface area (Å²) in [6.45, 7) is 9.23. The summed E-state index contributed by atoms with van der Waals surface area (Å²) < 4.78 is 1.40. The summed E-state index contributed by atoms with van der Waals surface area (Å²) in [5.74, 6) is -0.0528. The maximum atomic E-state index is 12.8. The number of benzene rings is 1. The first-order chi connectivity index (χ1) is 12.9. The van der Waals surface area contributed by atoms with Crippen molar-refractivity contribution in [2.45, 2.75) is 33.4 Å². The lowest BCUT2D eigenvalue weighted by atomic mass is 10.1. The predicted molar refractivity (Wildman–Crippen MR) is 101 cm³/mol. The number of rotatable bonds is 5. The minimum absolute atomic E-state index is 0.0528. The fraction of sp³-hybridized carbons (Fsp3) is 0.474. The van der Waals surface area contributed by atoms with Gasteiger partial charge in [0.15, 0.2) is 0 Å². The number of piperazine rings is 1. The van der Waals surface area contributed by atoms with Crippen LogP contribution in [-0.4, -0.2) is 56.6 Å². The SMILES string of the molecule is Cc1ccccc1CN1CCN(C(=O)C(C)n2cc([N+](=O)[O-])c(C)n2)CC1. The lowest BCUT2D eigenvalue weighted by Gasteiger charge is -2.36. The molecule has 8 heteroatoms. The highest BCUT2D eigenvalue weighted by molar-refractivity contribution is 5.80. The van der Waals surface area contributed by atoms with Gasteiger partial charge in [-0.3, -0.25) is 24.5 Å². The van der Waals surface area contributed by atoms with Gasteiger partial charge in [0.1, 0.15) is 17.9 Å². The number of amides is 1. The molecule has 1 atom stereocenters. The Balaban J connectivity index is 1.59. The molecule has 8 nitrogen and oxygen atoms in total. The van der Waals surface area contributed by atoms with Crippen molar-refractivity contribution in [3.05, 3.63) is 57.4 Å². The number of carbonyl (C=O) groups excluding carboxylic acids is 1. The van der Waals surface area contributed by atoms with E-state index in [0.717, 1.165) is 19.6 Å². The zero-order valence-corrected chi connectivity index (χ0v) is 16.0. The van der Waals surface area contributed by atoms with Crippen LogP contribution in [0.1, 0.15) is 29.8 Å². The smallest absolute Gasteiger partial charge is 0.309 e. The van der Waals surface area contributed by atoms with Gasteiger partial charge in [-0.25, -0.2) is 0 Å². The van der Waals surface area contributed by atoms with Crippen LogP contribution in [0.5, 0.6) is 0 Å². The van der Waals surface area contributed by atoms with Crippen LogP contribution in [0.2, 0.25) is 0 Å². The van der Waals surface area contributed by atoms with Gasteiger partial charge in [-0.05, 0) is 31.9 Å². The minimum atomic E-state index is -0.555. The molecule has 1 fully saturated rings. The number of aromatic nitrogens is 2. The first-order valence-electron chi connectivity index (χ1n) is 9.12. The van der Waals surface area contributed by atoms with Crippen molar-refractivity contribution in [1.82, 2.24) is 19.6 Å². The van der Waals surface area contributed by atoms with E-state index >= 15 is 0 Å². The van der Waals surface area contributed by atoms with E-state index in [9.17, 15) is 14.9 Å². The topological polar surface area (TPSA) is 84.5 Å². The lowest BCUT2D eigenvalue weighted by Crippen LogP contribution is -2.50. The van der Waals surface area contributed by atoms with Gasteiger partial charge >= 0.3 is 5.69 Å². The summed E-state index contributed by atoms with van der Waals surface area (Å²) in [5.41, 5.74) is 2.85. The van der Waals surface area contributed by atoms with Crippen LogP contribution in [0.3, 0.4) is 0 Å². The predicted octanol–water partition coefficient (Wildman–Crippen LogP) is 2.31. The van der Waals surface area contributed by atoms with E-state index < -0.39 is 11.0 Å². The van der Waals surface area contributed by atoms with E-state index in [1.165, 1.54) is 22.0 Å². The molecule has 0 N–H and O–H groups in total.